The van der Waals surface area contributed by atoms with E-state index >= 15 is 0 Å². The van der Waals surface area contributed by atoms with Crippen molar-refractivity contribution in [3.8, 4) is 5.75 Å². The number of nitrogens with zero attached hydrogens (tertiary/aromatic N) is 1. The van der Waals surface area contributed by atoms with Crippen LogP contribution in [0.4, 0.5) is 11.4 Å². The molecule has 2 unspecified atom stereocenters. The number of H-pyrrole nitrogens is 1. The third-order valence-corrected chi connectivity index (χ3v) is 9.23. The van der Waals surface area contributed by atoms with Gasteiger partial charge in [-0.05, 0) is 42.5 Å². The zero-order valence-corrected chi connectivity index (χ0v) is 22.5. The van der Waals surface area contributed by atoms with E-state index in [0.717, 1.165) is 11.3 Å². The van der Waals surface area contributed by atoms with Crippen LogP contribution in [0.15, 0.2) is 88.7 Å². The van der Waals surface area contributed by atoms with Crippen LogP contribution in [-0.2, 0) is 14.4 Å². The maximum atomic E-state index is 13.8. The average molecular weight is 578 g/mol. The van der Waals surface area contributed by atoms with Crippen LogP contribution in [0.5, 0.6) is 5.75 Å². The smallest absolute Gasteiger partial charge is 0.305 e. The van der Waals surface area contributed by atoms with E-state index in [1.54, 1.807) is 72.8 Å². The molecule has 0 saturated carbocycles. The molecule has 39 heavy (non-hydrogen) atoms. The summed E-state index contributed by atoms with van der Waals surface area (Å²) in [5.74, 6) is -2.02. The van der Waals surface area contributed by atoms with Crippen LogP contribution in [0.3, 0.4) is 0 Å². The molecule has 2 N–H and O–H groups in total. The highest BCUT2D eigenvalue weighted by Gasteiger charge is 2.56. The van der Waals surface area contributed by atoms with Crippen molar-refractivity contribution in [2.45, 2.75) is 16.2 Å². The molecule has 0 spiro atoms. The van der Waals surface area contributed by atoms with E-state index in [-0.39, 0.29) is 29.2 Å². The van der Waals surface area contributed by atoms with Crippen LogP contribution < -0.4 is 19.8 Å². The molecule has 0 bridgehead atoms. The van der Waals surface area contributed by atoms with Gasteiger partial charge in [-0.25, -0.2) is 4.90 Å². The molecule has 196 valence electrons. The summed E-state index contributed by atoms with van der Waals surface area (Å²) in [7, 11) is 0. The van der Waals surface area contributed by atoms with Gasteiger partial charge in [-0.15, -0.1) is 0 Å². The van der Waals surface area contributed by atoms with Gasteiger partial charge in [0.25, 0.3) is 5.91 Å². The van der Waals surface area contributed by atoms with Crippen molar-refractivity contribution in [3.63, 3.8) is 0 Å². The highest BCUT2D eigenvalue weighted by Crippen LogP contribution is 2.54. The molecule has 2 aliphatic heterocycles. The molecule has 1 aromatic heterocycles. The van der Waals surface area contributed by atoms with Crippen LogP contribution in [-0.4, -0.2) is 34.6 Å². The minimum absolute atomic E-state index is 0.266. The fourth-order valence-electron chi connectivity index (χ4n) is 4.93. The van der Waals surface area contributed by atoms with Gasteiger partial charge in [0.2, 0.25) is 11.8 Å². The molecular weight excluding hydrogens is 558 g/mol. The first-order valence-electron chi connectivity index (χ1n) is 12.0. The molecule has 6 rings (SSSR count). The second-order valence-electron chi connectivity index (χ2n) is 8.98. The first-order valence-corrected chi connectivity index (χ1v) is 14.1. The summed E-state index contributed by atoms with van der Waals surface area (Å²) in [6, 6.07) is 22.6. The van der Waals surface area contributed by atoms with Crippen molar-refractivity contribution in [3.05, 3.63) is 104 Å². The lowest BCUT2D eigenvalue weighted by molar-refractivity contribution is -0.122. The number of para-hydroxylation sites is 2. The van der Waals surface area contributed by atoms with E-state index in [2.05, 4.69) is 10.3 Å². The van der Waals surface area contributed by atoms with Gasteiger partial charge in [0.05, 0.1) is 16.6 Å². The Morgan fingerprint density at radius 2 is 1.67 bits per heavy atom. The number of amides is 3. The molecule has 3 aromatic carbocycles. The number of hydrogen-bond acceptors (Lipinski definition) is 7. The lowest BCUT2D eigenvalue weighted by Gasteiger charge is -2.30. The third kappa shape index (κ3) is 4.75. The Hall–Kier alpha value is -3.86. The van der Waals surface area contributed by atoms with Gasteiger partial charge < -0.3 is 15.0 Å². The molecule has 2 aliphatic rings. The Morgan fingerprint density at radius 3 is 2.44 bits per heavy atom. The molecule has 1 saturated heterocycles. The molecule has 1 fully saturated rings. The number of nitrogens with one attached hydrogen (secondary N) is 2. The van der Waals surface area contributed by atoms with Gasteiger partial charge in [0, 0.05) is 27.1 Å². The van der Waals surface area contributed by atoms with Crippen LogP contribution in [0, 0.1) is 5.92 Å². The standard InChI is InChI=1S/C28H20ClN3O5S2/c29-15-10-12-16(13-11-15)30-20(33)14-37-19-9-5-4-8-18(19)21-22-24(38-25-23(21)39-28(36)31-25)27(35)32(26(22)34)17-6-2-1-3-7-17/h1-13,21-22,24H,14H2,(H,30,33)(H,31,36)/t21-,22?,24?/m1/s1. The molecule has 11 heteroatoms. The fraction of sp³-hybridized carbons (Fsp3) is 0.143. The summed E-state index contributed by atoms with van der Waals surface area (Å²) >= 11 is 8.14. The Balaban J connectivity index is 1.33. The number of aromatic amines is 1. The second kappa shape index (κ2) is 10.4. The van der Waals surface area contributed by atoms with Crippen LogP contribution in [0.2, 0.25) is 5.02 Å². The van der Waals surface area contributed by atoms with E-state index < -0.39 is 17.1 Å². The van der Waals surface area contributed by atoms with Gasteiger partial charge in [-0.1, -0.05) is 71.1 Å². The van der Waals surface area contributed by atoms with Gasteiger partial charge in [0.1, 0.15) is 11.0 Å². The highest BCUT2D eigenvalue weighted by molar-refractivity contribution is 8.00. The lowest BCUT2D eigenvalue weighted by atomic mass is 9.82. The predicted octanol–water partition coefficient (Wildman–Crippen LogP) is 4.90. The Labute approximate surface area is 236 Å². The molecule has 8 nitrogen and oxygen atoms in total. The average Bonchev–Trinajstić information content (AvgIpc) is 3.43. The second-order valence-corrected chi connectivity index (χ2v) is 11.6. The fourth-order valence-corrected chi connectivity index (χ4v) is 7.56. The number of ether oxygens (including phenoxy) is 1. The number of carbonyl (C=O) groups is 3. The SMILES string of the molecule is O=C(COc1ccccc1[C@H]1c2sc(=O)[nH]c2SC2C(=O)N(c3ccccc3)C(=O)C21)Nc1ccc(Cl)cc1. The summed E-state index contributed by atoms with van der Waals surface area (Å²) < 4.78 is 5.95. The minimum atomic E-state index is -0.755. The van der Waals surface area contributed by atoms with E-state index in [9.17, 15) is 19.2 Å². The van der Waals surface area contributed by atoms with E-state index in [4.69, 9.17) is 16.3 Å². The molecule has 0 radical (unpaired) electrons. The largest absolute Gasteiger partial charge is 0.483 e. The molecule has 3 amide bonds. The number of anilines is 2. The minimum Gasteiger partial charge on any atom is -0.483 e. The van der Waals surface area contributed by atoms with Crippen molar-refractivity contribution in [1.82, 2.24) is 4.98 Å². The number of benzene rings is 3. The summed E-state index contributed by atoms with van der Waals surface area (Å²) in [4.78, 5) is 56.8. The molecule has 3 heterocycles. The van der Waals surface area contributed by atoms with Crippen molar-refractivity contribution < 1.29 is 19.1 Å². The zero-order valence-electron chi connectivity index (χ0n) is 20.1. The highest BCUT2D eigenvalue weighted by atomic mass is 35.5. The number of thioether (sulfide) groups is 1. The number of imide groups is 1. The number of halogens is 1. The topological polar surface area (TPSA) is 109 Å². The molecular formula is C28H20ClN3O5S2. The summed E-state index contributed by atoms with van der Waals surface area (Å²) in [5.41, 5.74) is 1.70. The Morgan fingerprint density at radius 1 is 0.949 bits per heavy atom. The lowest BCUT2D eigenvalue weighted by Crippen LogP contribution is -2.32. The van der Waals surface area contributed by atoms with Gasteiger partial charge in [0.15, 0.2) is 6.61 Å². The van der Waals surface area contributed by atoms with E-state index in [1.165, 1.54) is 16.7 Å². The van der Waals surface area contributed by atoms with Crippen molar-refractivity contribution in [2.24, 2.45) is 5.92 Å². The molecule has 4 aromatic rings. The Kier molecular flexibility index (Phi) is 6.76. The van der Waals surface area contributed by atoms with Crippen molar-refractivity contribution in [1.29, 1.82) is 0 Å². The van der Waals surface area contributed by atoms with Crippen LogP contribution >= 0.6 is 34.7 Å². The quantitative estimate of drug-likeness (QED) is 0.316. The molecule has 3 atom stereocenters. The normalized spacial score (nSPS) is 19.9. The maximum absolute atomic E-state index is 13.8. The summed E-state index contributed by atoms with van der Waals surface area (Å²) in [6.07, 6.45) is 0. The van der Waals surface area contributed by atoms with Crippen LogP contribution in [0.1, 0.15) is 16.4 Å². The third-order valence-electron chi connectivity index (χ3n) is 6.58. The van der Waals surface area contributed by atoms with Gasteiger partial charge in [-0.2, -0.15) is 0 Å². The molecule has 0 aliphatic carbocycles. The van der Waals surface area contributed by atoms with Crippen LogP contribution in [0.25, 0.3) is 0 Å². The number of fused-ring (bicyclic) bond motifs is 2. The van der Waals surface area contributed by atoms with Gasteiger partial charge >= 0.3 is 4.87 Å². The van der Waals surface area contributed by atoms with Gasteiger partial charge in [-0.3, -0.25) is 19.2 Å². The Bertz CT molecular complexity index is 1640. The van der Waals surface area contributed by atoms with Crippen molar-refractivity contribution >= 4 is 63.8 Å². The predicted molar refractivity (Wildman–Crippen MR) is 151 cm³/mol. The van der Waals surface area contributed by atoms with Crippen molar-refractivity contribution in [2.75, 3.05) is 16.8 Å². The summed E-state index contributed by atoms with van der Waals surface area (Å²) in [5, 5.41) is 3.16. The number of rotatable bonds is 6. The maximum Gasteiger partial charge on any atom is 0.305 e. The van der Waals surface area contributed by atoms with E-state index in [1.807, 2.05) is 6.07 Å². The number of aromatic nitrogens is 1. The number of thiazole rings is 1. The zero-order chi connectivity index (χ0) is 27.1. The first kappa shape index (κ1) is 25.4. The monoisotopic (exact) mass is 577 g/mol. The number of hydrogen-bond donors (Lipinski definition) is 2. The number of carbonyl (C=O) groups excluding carboxylic acids is 3. The summed E-state index contributed by atoms with van der Waals surface area (Å²) in [6.45, 7) is -0.283. The van der Waals surface area contributed by atoms with E-state index in [0.29, 0.717) is 37.6 Å². The first-order chi connectivity index (χ1) is 18.9.